The van der Waals surface area contributed by atoms with Crippen molar-refractivity contribution in [1.29, 1.82) is 0 Å². The number of primary amides is 1. The molecule has 0 radical (unpaired) electrons. The molecule has 0 aromatic heterocycles. The van der Waals surface area contributed by atoms with Crippen molar-refractivity contribution in [3.05, 3.63) is 0 Å². The summed E-state index contributed by atoms with van der Waals surface area (Å²) in [7, 11) is -3.97. The van der Waals surface area contributed by atoms with E-state index in [1.54, 1.807) is 20.8 Å². The third-order valence-electron chi connectivity index (χ3n) is 2.39. The first-order valence-corrected chi connectivity index (χ1v) is 5.81. The summed E-state index contributed by atoms with van der Waals surface area (Å²) < 4.78 is 27.1. The molecule has 1 amide bonds. The molecule has 0 fully saturated rings. The Balaban J connectivity index is 5.10. The van der Waals surface area contributed by atoms with E-state index in [-0.39, 0.29) is 3.89 Å². The van der Waals surface area contributed by atoms with Crippen molar-refractivity contribution in [3.8, 4) is 0 Å². The standard InChI is InChI=1S/C7H16N2O4S/c1-4-9(5-2,6-3)14(11,12)13-7(8)10/h4-6H2,1-3H3,(H-,8,10)/p+1. The molecule has 0 saturated heterocycles. The lowest BCUT2D eigenvalue weighted by Gasteiger charge is -2.31. The number of carbonyl (C=O) groups excluding carboxylic acids is 1. The van der Waals surface area contributed by atoms with Gasteiger partial charge in [-0.05, 0) is 20.8 Å². The second kappa shape index (κ2) is 4.61. The van der Waals surface area contributed by atoms with E-state index in [0.717, 1.165) is 0 Å². The van der Waals surface area contributed by atoms with E-state index in [1.807, 2.05) is 0 Å². The first kappa shape index (κ1) is 13.2. The Morgan fingerprint density at radius 1 is 1.21 bits per heavy atom. The molecule has 0 unspecified atom stereocenters. The SMILES string of the molecule is CC[N+](CC)(CC)S(=O)(=O)OC(N)=O. The van der Waals surface area contributed by atoms with Gasteiger partial charge >= 0.3 is 16.4 Å². The quantitative estimate of drug-likeness (QED) is 0.677. The Hall–Kier alpha value is -0.820. The van der Waals surface area contributed by atoms with E-state index in [1.165, 1.54) is 0 Å². The molecule has 0 rings (SSSR count). The first-order valence-electron chi connectivity index (χ1n) is 4.45. The molecule has 0 aliphatic heterocycles. The van der Waals surface area contributed by atoms with Crippen LogP contribution in [0.5, 0.6) is 0 Å². The smallest absolute Gasteiger partial charge is 0.334 e. The Morgan fingerprint density at radius 3 is 1.79 bits per heavy atom. The monoisotopic (exact) mass is 225 g/mol. The molecule has 0 aromatic carbocycles. The molecule has 0 spiro atoms. The highest BCUT2D eigenvalue weighted by atomic mass is 32.2. The maximum atomic E-state index is 11.6. The summed E-state index contributed by atoms with van der Waals surface area (Å²) in [5.41, 5.74) is 4.69. The lowest BCUT2D eigenvalue weighted by atomic mass is 10.5. The predicted octanol–water partition coefficient (Wildman–Crippen LogP) is 0.203. The van der Waals surface area contributed by atoms with Crippen molar-refractivity contribution in [2.45, 2.75) is 20.8 Å². The molecule has 14 heavy (non-hydrogen) atoms. The van der Waals surface area contributed by atoms with Crippen LogP contribution >= 0.6 is 0 Å². The topological polar surface area (TPSA) is 86.5 Å². The van der Waals surface area contributed by atoms with E-state index in [4.69, 9.17) is 0 Å². The van der Waals surface area contributed by atoms with Crippen molar-refractivity contribution in [3.63, 3.8) is 0 Å². The largest absolute Gasteiger partial charge is 0.488 e. The van der Waals surface area contributed by atoms with E-state index < -0.39 is 16.4 Å². The fourth-order valence-corrected chi connectivity index (χ4v) is 2.64. The van der Waals surface area contributed by atoms with Crippen LogP contribution < -0.4 is 5.73 Å². The molecule has 0 saturated carbocycles. The average molecular weight is 225 g/mol. The summed E-state index contributed by atoms with van der Waals surface area (Å²) in [6, 6.07) is 0. The number of nitrogens with two attached hydrogens (primary N) is 1. The molecule has 0 heterocycles. The van der Waals surface area contributed by atoms with Crippen LogP contribution in [0.15, 0.2) is 0 Å². The van der Waals surface area contributed by atoms with Gasteiger partial charge in [-0.25, -0.2) is 4.79 Å². The zero-order chi connectivity index (χ0) is 11.4. The molecule has 0 aromatic rings. The summed E-state index contributed by atoms with van der Waals surface area (Å²) in [5.74, 6) is 0. The fourth-order valence-electron chi connectivity index (χ4n) is 1.33. The third kappa shape index (κ3) is 2.36. The highest BCUT2D eigenvalue weighted by Crippen LogP contribution is 2.16. The van der Waals surface area contributed by atoms with Crippen molar-refractivity contribution in [2.75, 3.05) is 19.6 Å². The number of nitrogens with zero attached hydrogens (tertiary/aromatic N) is 1. The third-order valence-corrected chi connectivity index (χ3v) is 4.49. The van der Waals surface area contributed by atoms with Crippen LogP contribution in [0.1, 0.15) is 20.8 Å². The van der Waals surface area contributed by atoms with Crippen molar-refractivity contribution < 1.29 is 21.3 Å². The van der Waals surface area contributed by atoms with Gasteiger partial charge in [-0.1, -0.05) is 0 Å². The minimum absolute atomic E-state index is 0.296. The normalized spacial score (nSPS) is 12.5. The average Bonchev–Trinajstić information content (AvgIpc) is 2.05. The van der Waals surface area contributed by atoms with Crippen molar-refractivity contribution in [2.24, 2.45) is 5.73 Å². The Bertz CT molecular complexity index is 287. The Kier molecular flexibility index (Phi) is 4.34. The van der Waals surface area contributed by atoms with Gasteiger partial charge < -0.3 is 5.73 Å². The highest BCUT2D eigenvalue weighted by Gasteiger charge is 2.40. The molecule has 84 valence electrons. The van der Waals surface area contributed by atoms with E-state index in [0.29, 0.717) is 19.6 Å². The molecule has 2 N–H and O–H groups in total. The number of quaternary nitrogens is 1. The molecular formula is C7H17N2O4S+. The van der Waals surface area contributed by atoms with E-state index >= 15 is 0 Å². The number of hydrogen-bond donors (Lipinski definition) is 1. The lowest BCUT2D eigenvalue weighted by Crippen LogP contribution is -2.53. The molecule has 7 heteroatoms. The number of amides is 1. The van der Waals surface area contributed by atoms with Gasteiger partial charge in [-0.15, -0.1) is 8.42 Å². The minimum Gasteiger partial charge on any atom is -0.334 e. The minimum atomic E-state index is -3.97. The predicted molar refractivity (Wildman–Crippen MR) is 51.5 cm³/mol. The van der Waals surface area contributed by atoms with Crippen LogP contribution in [0.2, 0.25) is 0 Å². The zero-order valence-corrected chi connectivity index (χ0v) is 9.50. The van der Waals surface area contributed by atoms with Crippen molar-refractivity contribution >= 4 is 16.4 Å². The van der Waals surface area contributed by atoms with Crippen LogP contribution in [0.4, 0.5) is 4.79 Å². The lowest BCUT2D eigenvalue weighted by molar-refractivity contribution is -0.804. The van der Waals surface area contributed by atoms with E-state index in [9.17, 15) is 13.2 Å². The van der Waals surface area contributed by atoms with Gasteiger partial charge in [0.15, 0.2) is 0 Å². The van der Waals surface area contributed by atoms with Gasteiger partial charge in [-0.3, -0.25) is 4.18 Å². The summed E-state index contributed by atoms with van der Waals surface area (Å²) >= 11 is 0. The molecule has 6 nitrogen and oxygen atoms in total. The fraction of sp³-hybridized carbons (Fsp3) is 0.857. The maximum Gasteiger partial charge on any atom is 0.488 e. The zero-order valence-electron chi connectivity index (χ0n) is 8.69. The molecular weight excluding hydrogens is 208 g/mol. The second-order valence-corrected chi connectivity index (χ2v) is 4.63. The van der Waals surface area contributed by atoms with Crippen LogP contribution in [0.3, 0.4) is 0 Å². The van der Waals surface area contributed by atoms with Crippen LogP contribution in [-0.2, 0) is 14.5 Å². The summed E-state index contributed by atoms with van der Waals surface area (Å²) in [6.45, 7) is 6.16. The highest BCUT2D eigenvalue weighted by molar-refractivity contribution is 7.81. The molecule has 0 atom stereocenters. The first-order chi connectivity index (χ1) is 6.35. The molecule has 0 aliphatic carbocycles. The van der Waals surface area contributed by atoms with Gasteiger partial charge in [-0.2, -0.15) is 3.89 Å². The maximum absolute atomic E-state index is 11.6. The summed E-state index contributed by atoms with van der Waals surface area (Å²) in [6.07, 6.45) is -1.29. The summed E-state index contributed by atoms with van der Waals surface area (Å²) in [5, 5.41) is 0. The second-order valence-electron chi connectivity index (χ2n) is 2.84. The van der Waals surface area contributed by atoms with Gasteiger partial charge in [0, 0.05) is 0 Å². The van der Waals surface area contributed by atoms with Gasteiger partial charge in [0.25, 0.3) is 0 Å². The Labute approximate surface area is 84.5 Å². The number of carbonyl (C=O) groups is 1. The summed E-state index contributed by atoms with van der Waals surface area (Å²) in [4.78, 5) is 10.4. The molecule has 0 bridgehead atoms. The molecule has 0 aliphatic rings. The van der Waals surface area contributed by atoms with Gasteiger partial charge in [0.05, 0.1) is 19.6 Å². The van der Waals surface area contributed by atoms with Gasteiger partial charge in [0.1, 0.15) is 0 Å². The van der Waals surface area contributed by atoms with Crippen LogP contribution in [0, 0.1) is 0 Å². The van der Waals surface area contributed by atoms with Crippen molar-refractivity contribution in [1.82, 2.24) is 0 Å². The van der Waals surface area contributed by atoms with E-state index in [2.05, 4.69) is 9.92 Å². The number of rotatable bonds is 5. The van der Waals surface area contributed by atoms with Gasteiger partial charge in [0.2, 0.25) is 0 Å². The Morgan fingerprint density at radius 2 is 1.57 bits per heavy atom. The van der Waals surface area contributed by atoms with Crippen LogP contribution in [-0.4, -0.2) is 38.0 Å². The number of hydrogen-bond acceptors (Lipinski definition) is 4. The van der Waals surface area contributed by atoms with Crippen LogP contribution in [0.25, 0.3) is 0 Å².